The van der Waals surface area contributed by atoms with E-state index in [0.29, 0.717) is 23.8 Å². The highest BCUT2D eigenvalue weighted by molar-refractivity contribution is 7.89. The van der Waals surface area contributed by atoms with E-state index < -0.39 is 10.0 Å². The first-order chi connectivity index (χ1) is 17.5. The number of ether oxygens (including phenoxy) is 1. The maximum absolute atomic E-state index is 12.8. The Bertz CT molecular complexity index is 1420. The third-order valence-electron chi connectivity index (χ3n) is 6.09. The molecule has 4 aromatic rings. The molecule has 0 aliphatic carbocycles. The minimum Gasteiger partial charge on any atom is -0.494 e. The summed E-state index contributed by atoms with van der Waals surface area (Å²) >= 11 is 0. The zero-order valence-electron chi connectivity index (χ0n) is 20.8. The van der Waals surface area contributed by atoms with Gasteiger partial charge in [0.25, 0.3) is 0 Å². The van der Waals surface area contributed by atoms with Gasteiger partial charge in [-0.25, -0.2) is 23.1 Å². The van der Waals surface area contributed by atoms with Crippen molar-refractivity contribution in [1.82, 2.24) is 20.0 Å². The molecule has 3 N–H and O–H groups in total. The van der Waals surface area contributed by atoms with E-state index in [0.717, 1.165) is 65.5 Å². The van der Waals surface area contributed by atoms with Gasteiger partial charge in [-0.3, -0.25) is 0 Å². The Morgan fingerprint density at radius 3 is 2.36 bits per heavy atom. The van der Waals surface area contributed by atoms with E-state index in [1.807, 2.05) is 55.6 Å². The van der Waals surface area contributed by atoms with E-state index in [4.69, 9.17) is 4.74 Å². The van der Waals surface area contributed by atoms with Crippen LogP contribution < -0.4 is 20.1 Å². The second-order valence-corrected chi connectivity index (χ2v) is 10.3. The minimum absolute atomic E-state index is 0.333. The summed E-state index contributed by atoms with van der Waals surface area (Å²) in [6.45, 7) is 1.83. The van der Waals surface area contributed by atoms with Gasteiger partial charge in [0.2, 0.25) is 10.0 Å². The molecule has 4 rings (SSSR count). The van der Waals surface area contributed by atoms with E-state index in [1.54, 1.807) is 19.2 Å². The Morgan fingerprint density at radius 1 is 0.833 bits per heavy atom. The lowest BCUT2D eigenvalue weighted by atomic mass is 10.1. The van der Waals surface area contributed by atoms with Crippen LogP contribution in [-0.4, -0.2) is 45.6 Å². The van der Waals surface area contributed by atoms with Gasteiger partial charge in [0, 0.05) is 24.4 Å². The molecule has 0 saturated carbocycles. The summed E-state index contributed by atoms with van der Waals surface area (Å²) in [5, 5.41) is 9.13. The van der Waals surface area contributed by atoms with Gasteiger partial charge in [-0.15, -0.1) is 0 Å². The molecular weight excluding hydrogens is 474 g/mol. The highest BCUT2D eigenvalue weighted by atomic mass is 32.2. The maximum Gasteiger partial charge on any atom is 0.241 e. The van der Waals surface area contributed by atoms with Crippen LogP contribution in [0.4, 0.5) is 5.82 Å². The van der Waals surface area contributed by atoms with Crippen LogP contribution >= 0.6 is 0 Å². The molecule has 0 radical (unpaired) electrons. The van der Waals surface area contributed by atoms with Crippen molar-refractivity contribution in [3.63, 3.8) is 0 Å². The number of aromatic nitrogens is 2. The molecule has 3 aromatic carbocycles. The predicted octanol–water partition coefficient (Wildman–Crippen LogP) is 4.46. The summed E-state index contributed by atoms with van der Waals surface area (Å²) in [5.74, 6) is 2.21. The number of benzene rings is 3. The van der Waals surface area contributed by atoms with Crippen molar-refractivity contribution in [2.75, 3.05) is 32.6 Å². The molecule has 1 heterocycles. The fourth-order valence-electron chi connectivity index (χ4n) is 4.25. The molecule has 0 unspecified atom stereocenters. The fraction of sp³-hybridized carbons (Fsp3) is 0.333. The van der Waals surface area contributed by atoms with Crippen LogP contribution in [0.2, 0.25) is 0 Å². The molecule has 0 fully saturated rings. The normalized spacial score (nSPS) is 11.7. The Hall–Kier alpha value is -3.27. The average molecular weight is 508 g/mol. The Kier molecular flexibility index (Phi) is 8.69. The predicted molar refractivity (Wildman–Crippen MR) is 145 cm³/mol. The van der Waals surface area contributed by atoms with E-state index >= 15 is 0 Å². The minimum atomic E-state index is -3.54. The van der Waals surface area contributed by atoms with Crippen molar-refractivity contribution in [2.24, 2.45) is 0 Å². The van der Waals surface area contributed by atoms with Gasteiger partial charge < -0.3 is 15.4 Å². The van der Waals surface area contributed by atoms with Crippen molar-refractivity contribution in [1.29, 1.82) is 0 Å². The van der Waals surface area contributed by atoms with Crippen LogP contribution in [0.1, 0.15) is 31.5 Å². The van der Waals surface area contributed by atoms with Crippen molar-refractivity contribution in [2.45, 2.75) is 37.1 Å². The molecular formula is C27H33N5O3S. The van der Waals surface area contributed by atoms with Gasteiger partial charge in [-0.2, -0.15) is 0 Å². The third kappa shape index (κ3) is 6.10. The van der Waals surface area contributed by atoms with Crippen LogP contribution in [0, 0.1) is 0 Å². The smallest absolute Gasteiger partial charge is 0.241 e. The second kappa shape index (κ2) is 12.1. The van der Waals surface area contributed by atoms with Crippen LogP contribution in [0.5, 0.6) is 5.75 Å². The lowest BCUT2D eigenvalue weighted by Gasteiger charge is -2.11. The number of hydrogen-bond donors (Lipinski definition) is 3. The van der Waals surface area contributed by atoms with Gasteiger partial charge in [0.1, 0.15) is 22.9 Å². The molecule has 0 aliphatic rings. The Balaban J connectivity index is 1.19. The first-order valence-electron chi connectivity index (χ1n) is 12.2. The molecule has 0 atom stereocenters. The van der Waals surface area contributed by atoms with Gasteiger partial charge in [0.05, 0.1) is 18.6 Å². The Labute approximate surface area is 212 Å². The zero-order chi connectivity index (χ0) is 25.4. The number of hydrogen-bond acceptors (Lipinski definition) is 7. The summed E-state index contributed by atoms with van der Waals surface area (Å²) in [5.41, 5.74) is 0.794. The molecule has 0 aliphatic heterocycles. The highest BCUT2D eigenvalue weighted by Gasteiger charge is 2.16. The van der Waals surface area contributed by atoms with Crippen LogP contribution in [0.3, 0.4) is 0 Å². The summed E-state index contributed by atoms with van der Waals surface area (Å²) in [7, 11) is -0.0466. The van der Waals surface area contributed by atoms with Gasteiger partial charge in [-0.05, 0) is 43.0 Å². The monoisotopic (exact) mass is 507 g/mol. The number of para-hydroxylation sites is 1. The maximum atomic E-state index is 12.8. The molecule has 36 heavy (non-hydrogen) atoms. The second-order valence-electron chi connectivity index (χ2n) is 8.56. The molecule has 9 heteroatoms. The van der Waals surface area contributed by atoms with E-state index in [9.17, 15) is 8.42 Å². The van der Waals surface area contributed by atoms with Crippen LogP contribution in [0.25, 0.3) is 21.7 Å². The lowest BCUT2D eigenvalue weighted by molar-refractivity contribution is 0.418. The standard InChI is InChI=1S/C27H33N5O3S/c1-28-27-22-14-10-15-23(35-2)26(22)31-25(32-27)19-29-17-7-3-4-8-18-30-36(33,34)24-16-9-12-20-11-5-6-13-21(20)24/h5-6,9-16,29-30H,3-4,7-8,17-19H2,1-2H3,(H,28,31,32). The number of methoxy groups -OCH3 is 1. The van der Waals surface area contributed by atoms with Crippen molar-refractivity contribution in [3.8, 4) is 5.75 Å². The number of nitrogens with zero attached hydrogens (tertiary/aromatic N) is 2. The number of nitrogens with one attached hydrogen (secondary N) is 3. The first-order valence-corrected chi connectivity index (χ1v) is 13.7. The quantitative estimate of drug-likeness (QED) is 0.229. The molecule has 0 saturated heterocycles. The fourth-order valence-corrected chi connectivity index (χ4v) is 5.55. The Morgan fingerprint density at radius 2 is 1.56 bits per heavy atom. The van der Waals surface area contributed by atoms with Crippen molar-refractivity contribution >= 4 is 37.5 Å². The van der Waals surface area contributed by atoms with E-state index in [-0.39, 0.29) is 0 Å². The summed E-state index contributed by atoms with van der Waals surface area (Å²) in [6, 6.07) is 18.7. The summed E-state index contributed by atoms with van der Waals surface area (Å²) in [6.07, 6.45) is 3.75. The molecule has 1 aromatic heterocycles. The number of rotatable bonds is 13. The highest BCUT2D eigenvalue weighted by Crippen LogP contribution is 2.28. The van der Waals surface area contributed by atoms with E-state index in [1.165, 1.54) is 0 Å². The SMILES string of the molecule is CNc1nc(CNCCCCCCNS(=O)(=O)c2cccc3ccccc23)nc2c(OC)cccc12. The van der Waals surface area contributed by atoms with Crippen molar-refractivity contribution in [3.05, 3.63) is 66.5 Å². The average Bonchev–Trinajstić information content (AvgIpc) is 2.90. The molecule has 0 amide bonds. The van der Waals surface area contributed by atoms with Gasteiger partial charge in [-0.1, -0.05) is 55.3 Å². The van der Waals surface area contributed by atoms with Gasteiger partial charge >= 0.3 is 0 Å². The van der Waals surface area contributed by atoms with Crippen LogP contribution in [-0.2, 0) is 16.6 Å². The topological polar surface area (TPSA) is 105 Å². The zero-order valence-corrected chi connectivity index (χ0v) is 21.6. The largest absolute Gasteiger partial charge is 0.494 e. The van der Waals surface area contributed by atoms with E-state index in [2.05, 4.69) is 25.3 Å². The molecule has 190 valence electrons. The number of sulfonamides is 1. The lowest BCUT2D eigenvalue weighted by Crippen LogP contribution is -2.25. The number of fused-ring (bicyclic) bond motifs is 2. The summed E-state index contributed by atoms with van der Waals surface area (Å²) < 4.78 is 33.8. The molecule has 0 bridgehead atoms. The number of unbranched alkanes of at least 4 members (excludes halogenated alkanes) is 3. The molecule has 0 spiro atoms. The molecule has 8 nitrogen and oxygen atoms in total. The van der Waals surface area contributed by atoms with Crippen molar-refractivity contribution < 1.29 is 13.2 Å². The third-order valence-corrected chi connectivity index (χ3v) is 7.61. The first kappa shape index (κ1) is 25.8. The number of anilines is 1. The van der Waals surface area contributed by atoms with Crippen LogP contribution in [0.15, 0.2) is 65.6 Å². The summed E-state index contributed by atoms with van der Waals surface area (Å²) in [4.78, 5) is 9.62. The van der Waals surface area contributed by atoms with Gasteiger partial charge in [0.15, 0.2) is 0 Å².